The zero-order chi connectivity index (χ0) is 23.4. The van der Waals surface area contributed by atoms with Gasteiger partial charge in [-0.2, -0.15) is 0 Å². The molecule has 0 aromatic heterocycles. The molecule has 1 N–H and O–H groups in total. The lowest BCUT2D eigenvalue weighted by atomic mass is 9.49. The molecule has 33 heavy (non-hydrogen) atoms. The number of allylic oxidation sites excluding steroid dienone is 4. The normalized spacial score (nSPS) is 35.5. The summed E-state index contributed by atoms with van der Waals surface area (Å²) in [7, 11) is 4.12. The van der Waals surface area contributed by atoms with Gasteiger partial charge < -0.3 is 14.7 Å². The first-order chi connectivity index (χ1) is 15.8. The highest BCUT2D eigenvalue weighted by Crippen LogP contribution is 2.64. The largest absolute Gasteiger partial charge is 0.378 e. The predicted octanol–water partition coefficient (Wildman–Crippen LogP) is 4.99. The van der Waals surface area contributed by atoms with Crippen LogP contribution in [0.1, 0.15) is 63.9 Å². The van der Waals surface area contributed by atoms with Crippen molar-refractivity contribution in [1.82, 2.24) is 0 Å². The van der Waals surface area contributed by atoms with Gasteiger partial charge in [0.25, 0.3) is 0 Å². The van der Waals surface area contributed by atoms with Gasteiger partial charge in [-0.25, -0.2) is 0 Å². The molecule has 4 heteroatoms. The number of nitrogens with zero attached hydrogens (tertiary/aromatic N) is 1. The second kappa shape index (κ2) is 8.15. The molecule has 1 aliphatic heterocycles. The summed E-state index contributed by atoms with van der Waals surface area (Å²) in [6.45, 7) is 4.51. The monoisotopic (exact) mass is 445 g/mol. The Morgan fingerprint density at radius 3 is 2.58 bits per heavy atom. The van der Waals surface area contributed by atoms with Crippen molar-refractivity contribution >= 4 is 11.5 Å². The molecule has 1 saturated carbocycles. The number of fused-ring (bicyclic) bond motifs is 4. The van der Waals surface area contributed by atoms with Crippen molar-refractivity contribution < 1.29 is 14.6 Å². The van der Waals surface area contributed by atoms with E-state index in [1.807, 2.05) is 6.08 Å². The number of ether oxygens (including phenoxy) is 1. The highest BCUT2D eigenvalue weighted by atomic mass is 16.6. The third-order valence-electron chi connectivity index (χ3n) is 8.74. The van der Waals surface area contributed by atoms with E-state index < -0.39 is 11.2 Å². The standard InChI is InChI=1S/C29H35NO3/c1-5-15-29(32)28(2)18-25(19-6-9-21(10-7-19)30(3)4)27-23-13-11-22(31)17-20(23)8-12-24(27)26(28)14-16-33-29/h6-7,9-10,17,24-26,32H,8,11-14,16,18H2,1-4H3/t24-,25+,26-,28-,29-/m0/s1. The lowest BCUT2D eigenvalue weighted by Gasteiger charge is -2.59. The van der Waals surface area contributed by atoms with Gasteiger partial charge in [-0.1, -0.05) is 24.6 Å². The van der Waals surface area contributed by atoms with E-state index in [1.165, 1.54) is 28.0 Å². The summed E-state index contributed by atoms with van der Waals surface area (Å²) in [6.07, 6.45) is 7.08. The molecule has 0 spiro atoms. The highest BCUT2D eigenvalue weighted by molar-refractivity contribution is 5.93. The Morgan fingerprint density at radius 2 is 1.88 bits per heavy atom. The molecule has 4 aliphatic rings. The predicted molar refractivity (Wildman–Crippen MR) is 131 cm³/mol. The summed E-state index contributed by atoms with van der Waals surface area (Å²) < 4.78 is 6.02. The summed E-state index contributed by atoms with van der Waals surface area (Å²) in [5.74, 6) is 5.72. The quantitative estimate of drug-likeness (QED) is 0.652. The fraction of sp³-hybridized carbons (Fsp3) is 0.552. The van der Waals surface area contributed by atoms with Crippen molar-refractivity contribution in [3.63, 3.8) is 0 Å². The van der Waals surface area contributed by atoms with Crippen molar-refractivity contribution in [1.29, 1.82) is 0 Å². The molecule has 1 saturated heterocycles. The van der Waals surface area contributed by atoms with Crippen LogP contribution in [0, 0.1) is 29.1 Å². The first-order valence-electron chi connectivity index (χ1n) is 12.3. The number of carbonyl (C=O) groups is 1. The average Bonchev–Trinajstić information content (AvgIpc) is 2.79. The molecule has 2 fully saturated rings. The zero-order valence-electron chi connectivity index (χ0n) is 20.3. The van der Waals surface area contributed by atoms with Gasteiger partial charge in [0.2, 0.25) is 5.79 Å². The molecule has 1 aromatic carbocycles. The van der Waals surface area contributed by atoms with Crippen LogP contribution in [0.5, 0.6) is 0 Å². The van der Waals surface area contributed by atoms with Crippen LogP contribution in [0.15, 0.2) is 47.1 Å². The number of benzene rings is 1. The van der Waals surface area contributed by atoms with Gasteiger partial charge in [-0.05, 0) is 91.7 Å². The van der Waals surface area contributed by atoms with E-state index in [9.17, 15) is 9.90 Å². The van der Waals surface area contributed by atoms with Gasteiger partial charge in [0.1, 0.15) is 0 Å². The van der Waals surface area contributed by atoms with Crippen LogP contribution in [0.2, 0.25) is 0 Å². The van der Waals surface area contributed by atoms with Gasteiger partial charge in [0.15, 0.2) is 5.78 Å². The van der Waals surface area contributed by atoms with Crippen LogP contribution in [0.3, 0.4) is 0 Å². The van der Waals surface area contributed by atoms with Crippen molar-refractivity contribution in [2.45, 2.75) is 64.1 Å². The fourth-order valence-electron chi connectivity index (χ4n) is 7.08. The molecule has 174 valence electrons. The molecule has 5 rings (SSSR count). The van der Waals surface area contributed by atoms with E-state index in [-0.39, 0.29) is 11.7 Å². The first-order valence-corrected chi connectivity index (χ1v) is 12.3. The van der Waals surface area contributed by atoms with Crippen molar-refractivity contribution in [3.8, 4) is 11.8 Å². The molecule has 0 bridgehead atoms. The maximum atomic E-state index is 12.2. The number of hydrogen-bond donors (Lipinski definition) is 1. The first kappa shape index (κ1) is 22.4. The second-order valence-corrected chi connectivity index (χ2v) is 10.6. The Bertz CT molecular complexity index is 1090. The number of ketones is 1. The summed E-state index contributed by atoms with van der Waals surface area (Å²) in [5.41, 5.74) is 6.20. The maximum absolute atomic E-state index is 12.2. The van der Waals surface area contributed by atoms with Gasteiger partial charge in [-0.15, -0.1) is 5.92 Å². The van der Waals surface area contributed by atoms with E-state index in [4.69, 9.17) is 4.74 Å². The molecule has 3 aliphatic carbocycles. The van der Waals surface area contributed by atoms with Crippen molar-refractivity contribution in [3.05, 3.63) is 52.6 Å². The zero-order valence-corrected chi connectivity index (χ0v) is 20.3. The minimum absolute atomic E-state index is 0.186. The van der Waals surface area contributed by atoms with Crippen molar-refractivity contribution in [2.24, 2.45) is 17.3 Å². The third kappa shape index (κ3) is 3.49. The van der Waals surface area contributed by atoms with Crippen LogP contribution in [-0.2, 0) is 9.53 Å². The van der Waals surface area contributed by atoms with Gasteiger partial charge in [0.05, 0.1) is 6.61 Å². The smallest absolute Gasteiger partial charge is 0.236 e. The van der Waals surface area contributed by atoms with Crippen molar-refractivity contribution in [2.75, 3.05) is 25.6 Å². The number of aliphatic hydroxyl groups is 1. The van der Waals surface area contributed by atoms with E-state index in [0.717, 1.165) is 32.1 Å². The van der Waals surface area contributed by atoms with Crippen LogP contribution >= 0.6 is 0 Å². The Morgan fingerprint density at radius 1 is 1.12 bits per heavy atom. The summed E-state index contributed by atoms with van der Waals surface area (Å²) in [6, 6.07) is 8.86. The van der Waals surface area contributed by atoms with Gasteiger partial charge in [0, 0.05) is 37.5 Å². The number of rotatable bonds is 2. The number of hydrogen-bond acceptors (Lipinski definition) is 4. The Kier molecular flexibility index (Phi) is 5.54. The van der Waals surface area contributed by atoms with E-state index in [1.54, 1.807) is 6.92 Å². The van der Waals surface area contributed by atoms with Crippen LogP contribution in [-0.4, -0.2) is 37.4 Å². The summed E-state index contributed by atoms with van der Waals surface area (Å²) in [5, 5.41) is 11.7. The Labute approximate surface area is 197 Å². The lowest BCUT2D eigenvalue weighted by Crippen LogP contribution is -2.60. The molecule has 0 radical (unpaired) electrons. The van der Waals surface area contributed by atoms with Crippen LogP contribution in [0.4, 0.5) is 5.69 Å². The number of anilines is 1. The lowest BCUT2D eigenvalue weighted by molar-refractivity contribution is -0.285. The van der Waals surface area contributed by atoms with E-state index >= 15 is 0 Å². The molecule has 4 nitrogen and oxygen atoms in total. The Balaban J connectivity index is 1.68. The molecule has 0 unspecified atom stereocenters. The number of carbonyl (C=O) groups excluding carboxylic acids is 1. The fourth-order valence-corrected chi connectivity index (χ4v) is 7.08. The highest BCUT2D eigenvalue weighted by Gasteiger charge is 2.61. The summed E-state index contributed by atoms with van der Waals surface area (Å²) >= 11 is 0. The van der Waals surface area contributed by atoms with Crippen LogP contribution in [0.25, 0.3) is 0 Å². The van der Waals surface area contributed by atoms with Gasteiger partial charge >= 0.3 is 0 Å². The van der Waals surface area contributed by atoms with E-state index in [2.05, 4.69) is 62.0 Å². The summed E-state index contributed by atoms with van der Waals surface area (Å²) in [4.78, 5) is 14.3. The molecule has 0 amide bonds. The molecule has 1 heterocycles. The third-order valence-corrected chi connectivity index (χ3v) is 8.74. The average molecular weight is 446 g/mol. The maximum Gasteiger partial charge on any atom is 0.236 e. The molecule has 5 atom stereocenters. The van der Waals surface area contributed by atoms with Gasteiger partial charge in [-0.3, -0.25) is 4.79 Å². The Hall–Kier alpha value is -2.35. The molecule has 1 aromatic rings. The molecular weight excluding hydrogens is 410 g/mol. The minimum Gasteiger partial charge on any atom is -0.378 e. The van der Waals surface area contributed by atoms with Crippen LogP contribution < -0.4 is 4.90 Å². The van der Waals surface area contributed by atoms with E-state index in [0.29, 0.717) is 24.9 Å². The SMILES string of the molecule is CC#C[C@]1(O)OCC[C@H]2[C@@H]3CCC4=CC(=O)CCC4=C3[C@@H](c3ccc(N(C)C)cc3)C[C@@]21C. The second-order valence-electron chi connectivity index (χ2n) is 10.6. The topological polar surface area (TPSA) is 49.8 Å². The molecular formula is C29H35NO3. The minimum atomic E-state index is -1.43.